The molecule has 3 rings (SSSR count). The maximum absolute atomic E-state index is 13.3. The second-order valence-corrected chi connectivity index (χ2v) is 6.28. The average molecular weight is 343 g/mol. The van der Waals surface area contributed by atoms with E-state index in [2.05, 4.69) is 0 Å². The van der Waals surface area contributed by atoms with Gasteiger partial charge in [-0.15, -0.1) is 0 Å². The van der Waals surface area contributed by atoms with Gasteiger partial charge in [0.2, 0.25) is 0 Å². The fraction of sp³-hybridized carbons (Fsp3) is 0.562. The molecule has 2 fully saturated rings. The Morgan fingerprint density at radius 1 is 1.43 bits per heavy atom. The van der Waals surface area contributed by atoms with Crippen molar-refractivity contribution in [3.8, 4) is 0 Å². The van der Waals surface area contributed by atoms with E-state index in [4.69, 9.17) is 26.8 Å². The summed E-state index contributed by atoms with van der Waals surface area (Å²) in [5.41, 5.74) is 6.35. The van der Waals surface area contributed by atoms with E-state index < -0.39 is 11.9 Å². The third-order valence-electron chi connectivity index (χ3n) is 4.34. The lowest BCUT2D eigenvalue weighted by Gasteiger charge is -2.34. The maximum atomic E-state index is 13.3. The number of nitrogens with two attached hydrogens (primary N) is 1. The Morgan fingerprint density at radius 2 is 2.26 bits per heavy atom. The minimum absolute atomic E-state index is 0.0255. The molecule has 7 heteroatoms. The highest BCUT2D eigenvalue weighted by atomic mass is 35.5. The van der Waals surface area contributed by atoms with E-state index in [1.807, 2.05) is 0 Å². The number of carbonyl (C=O) groups is 1. The van der Waals surface area contributed by atoms with Crippen molar-refractivity contribution in [1.29, 1.82) is 0 Å². The molecule has 5 nitrogen and oxygen atoms in total. The van der Waals surface area contributed by atoms with Gasteiger partial charge >= 0.3 is 0 Å². The van der Waals surface area contributed by atoms with Gasteiger partial charge in [0.05, 0.1) is 24.3 Å². The van der Waals surface area contributed by atoms with E-state index in [1.165, 1.54) is 6.07 Å². The van der Waals surface area contributed by atoms with Crippen LogP contribution in [0.15, 0.2) is 18.2 Å². The molecule has 2 saturated heterocycles. The van der Waals surface area contributed by atoms with Gasteiger partial charge < -0.3 is 20.1 Å². The van der Waals surface area contributed by atoms with Gasteiger partial charge in [-0.2, -0.15) is 0 Å². The van der Waals surface area contributed by atoms with Gasteiger partial charge in [0.15, 0.2) is 0 Å². The standard InChI is InChI=1S/C16H20ClFN2O3/c17-12-7-10(1-3-13(12)18)15-9-20(5-6-22-15)16(21)14-4-2-11(8-19)23-14/h1,3,7,11,14-15H,2,4-6,8-9,19H2/t11-,14+,15?/m1/s1. The number of hydrogen-bond acceptors (Lipinski definition) is 4. The molecule has 0 aromatic heterocycles. The molecular weight excluding hydrogens is 323 g/mol. The fourth-order valence-corrected chi connectivity index (χ4v) is 3.22. The van der Waals surface area contributed by atoms with Crippen LogP contribution in [0.1, 0.15) is 24.5 Å². The van der Waals surface area contributed by atoms with Crippen LogP contribution in [0.4, 0.5) is 4.39 Å². The van der Waals surface area contributed by atoms with Crippen LogP contribution in [0.3, 0.4) is 0 Å². The van der Waals surface area contributed by atoms with Crippen molar-refractivity contribution in [3.63, 3.8) is 0 Å². The first-order chi connectivity index (χ1) is 11.1. The highest BCUT2D eigenvalue weighted by Gasteiger charge is 2.35. The van der Waals surface area contributed by atoms with Crippen molar-refractivity contribution in [2.45, 2.75) is 31.2 Å². The molecule has 0 radical (unpaired) electrons. The van der Waals surface area contributed by atoms with E-state index in [9.17, 15) is 9.18 Å². The number of ether oxygens (including phenoxy) is 2. The van der Waals surface area contributed by atoms with Crippen LogP contribution in [0.5, 0.6) is 0 Å². The first kappa shape index (κ1) is 16.6. The lowest BCUT2D eigenvalue weighted by molar-refractivity contribution is -0.150. The minimum atomic E-state index is -0.466. The Balaban J connectivity index is 1.66. The van der Waals surface area contributed by atoms with E-state index >= 15 is 0 Å². The lowest BCUT2D eigenvalue weighted by atomic mass is 10.1. The second kappa shape index (κ2) is 7.13. The predicted octanol–water partition coefficient (Wildman–Crippen LogP) is 1.89. The molecule has 0 spiro atoms. The molecular formula is C16H20ClFN2O3. The molecule has 3 atom stereocenters. The monoisotopic (exact) mass is 342 g/mol. The van der Waals surface area contributed by atoms with Crippen LogP contribution in [0.2, 0.25) is 5.02 Å². The normalized spacial score (nSPS) is 28.1. The van der Waals surface area contributed by atoms with Crippen LogP contribution in [0.25, 0.3) is 0 Å². The topological polar surface area (TPSA) is 64.8 Å². The molecule has 1 aromatic carbocycles. The summed E-state index contributed by atoms with van der Waals surface area (Å²) in [6.45, 7) is 1.80. The van der Waals surface area contributed by atoms with E-state index in [1.54, 1.807) is 17.0 Å². The number of hydrogen-bond donors (Lipinski definition) is 1. The molecule has 2 aliphatic heterocycles. The summed E-state index contributed by atoms with van der Waals surface area (Å²) in [4.78, 5) is 14.3. The Bertz CT molecular complexity index is 586. The molecule has 0 aliphatic carbocycles. The van der Waals surface area contributed by atoms with Gasteiger partial charge in [0, 0.05) is 13.1 Å². The molecule has 2 aliphatic rings. The number of halogens is 2. The van der Waals surface area contributed by atoms with Crippen LogP contribution in [-0.2, 0) is 14.3 Å². The molecule has 0 saturated carbocycles. The number of benzene rings is 1. The summed E-state index contributed by atoms with van der Waals surface area (Å²) >= 11 is 5.82. The third-order valence-corrected chi connectivity index (χ3v) is 4.63. The minimum Gasteiger partial charge on any atom is -0.370 e. The number of carbonyl (C=O) groups excluding carboxylic acids is 1. The van der Waals surface area contributed by atoms with Crippen molar-refractivity contribution in [2.24, 2.45) is 5.73 Å². The van der Waals surface area contributed by atoms with E-state index in [0.717, 1.165) is 12.0 Å². The third kappa shape index (κ3) is 3.66. The SMILES string of the molecule is NC[C@H]1CC[C@@H](C(=O)N2CCOC(c3ccc(F)c(Cl)c3)C2)O1. The first-order valence-electron chi connectivity index (χ1n) is 7.79. The van der Waals surface area contributed by atoms with E-state index in [0.29, 0.717) is 32.7 Å². The first-order valence-corrected chi connectivity index (χ1v) is 8.17. The van der Waals surface area contributed by atoms with Crippen molar-refractivity contribution in [2.75, 3.05) is 26.2 Å². The van der Waals surface area contributed by atoms with Gasteiger partial charge in [-0.25, -0.2) is 4.39 Å². The number of amides is 1. The molecule has 0 bridgehead atoms. The Hall–Kier alpha value is -1.21. The number of nitrogens with zero attached hydrogens (tertiary/aromatic N) is 1. The van der Waals surface area contributed by atoms with Gasteiger partial charge in [0.25, 0.3) is 5.91 Å². The number of morpholine rings is 1. The van der Waals surface area contributed by atoms with Gasteiger partial charge in [-0.05, 0) is 30.5 Å². The molecule has 126 valence electrons. The molecule has 1 unspecified atom stereocenters. The Morgan fingerprint density at radius 3 is 2.96 bits per heavy atom. The Kier molecular flexibility index (Phi) is 5.16. The zero-order valence-corrected chi connectivity index (χ0v) is 13.5. The second-order valence-electron chi connectivity index (χ2n) is 5.88. The van der Waals surface area contributed by atoms with Crippen molar-refractivity contribution in [1.82, 2.24) is 4.90 Å². The van der Waals surface area contributed by atoms with Crippen molar-refractivity contribution < 1.29 is 18.7 Å². The maximum Gasteiger partial charge on any atom is 0.251 e. The van der Waals surface area contributed by atoms with Gasteiger partial charge in [0.1, 0.15) is 18.0 Å². The fourth-order valence-electron chi connectivity index (χ4n) is 3.03. The molecule has 2 N–H and O–H groups in total. The summed E-state index contributed by atoms with van der Waals surface area (Å²) in [6.07, 6.45) is 0.757. The predicted molar refractivity (Wildman–Crippen MR) is 83.6 cm³/mol. The smallest absolute Gasteiger partial charge is 0.251 e. The highest BCUT2D eigenvalue weighted by molar-refractivity contribution is 6.30. The van der Waals surface area contributed by atoms with Crippen LogP contribution in [0, 0.1) is 5.82 Å². The van der Waals surface area contributed by atoms with Gasteiger partial charge in [-0.1, -0.05) is 17.7 Å². The van der Waals surface area contributed by atoms with Gasteiger partial charge in [-0.3, -0.25) is 4.79 Å². The summed E-state index contributed by atoms with van der Waals surface area (Å²) in [5.74, 6) is -0.492. The Labute approximate surface area is 139 Å². The quantitative estimate of drug-likeness (QED) is 0.911. The zero-order chi connectivity index (χ0) is 16.4. The highest BCUT2D eigenvalue weighted by Crippen LogP contribution is 2.28. The molecule has 1 aromatic rings. The molecule has 2 heterocycles. The van der Waals surface area contributed by atoms with Crippen LogP contribution >= 0.6 is 11.6 Å². The van der Waals surface area contributed by atoms with E-state index in [-0.39, 0.29) is 23.1 Å². The summed E-state index contributed by atoms with van der Waals surface area (Å²) in [6, 6.07) is 4.50. The summed E-state index contributed by atoms with van der Waals surface area (Å²) in [5, 5.41) is 0.0551. The van der Waals surface area contributed by atoms with Crippen LogP contribution in [-0.4, -0.2) is 49.3 Å². The largest absolute Gasteiger partial charge is 0.370 e. The molecule has 1 amide bonds. The summed E-state index contributed by atoms with van der Waals surface area (Å²) in [7, 11) is 0. The number of rotatable bonds is 3. The zero-order valence-electron chi connectivity index (χ0n) is 12.7. The van der Waals surface area contributed by atoms with Crippen molar-refractivity contribution in [3.05, 3.63) is 34.6 Å². The summed E-state index contributed by atoms with van der Waals surface area (Å²) < 4.78 is 24.7. The average Bonchev–Trinajstić information content (AvgIpc) is 3.06. The molecule has 23 heavy (non-hydrogen) atoms. The van der Waals surface area contributed by atoms with Crippen LogP contribution < -0.4 is 5.73 Å². The van der Waals surface area contributed by atoms with Crippen molar-refractivity contribution >= 4 is 17.5 Å². The lowest BCUT2D eigenvalue weighted by Crippen LogP contribution is -2.46.